The molecule has 2 saturated heterocycles. The van der Waals surface area contributed by atoms with Crippen molar-refractivity contribution in [3.05, 3.63) is 48.4 Å². The number of nitrogens with two attached hydrogens (primary N) is 1. The number of fused-ring (bicyclic) bond motifs is 1. The van der Waals surface area contributed by atoms with E-state index < -0.39 is 0 Å². The van der Waals surface area contributed by atoms with Gasteiger partial charge in [-0.3, -0.25) is 9.79 Å². The van der Waals surface area contributed by atoms with Gasteiger partial charge in [0.05, 0.1) is 19.3 Å². The van der Waals surface area contributed by atoms with E-state index in [9.17, 15) is 10.1 Å². The minimum Gasteiger partial charge on any atom is -0.494 e. The third-order valence-corrected chi connectivity index (χ3v) is 7.73. The van der Waals surface area contributed by atoms with E-state index in [-0.39, 0.29) is 17.5 Å². The summed E-state index contributed by atoms with van der Waals surface area (Å²) in [5.74, 6) is 1.04. The number of piperidine rings is 1. The summed E-state index contributed by atoms with van der Waals surface area (Å²) < 4.78 is 7.19. The molecule has 9 heteroatoms. The van der Waals surface area contributed by atoms with Crippen molar-refractivity contribution in [1.29, 1.82) is 5.26 Å². The number of rotatable bonds is 7. The van der Waals surface area contributed by atoms with Crippen LogP contribution in [0.3, 0.4) is 0 Å². The first-order chi connectivity index (χ1) is 17.2. The van der Waals surface area contributed by atoms with Gasteiger partial charge in [0, 0.05) is 66.9 Å². The molecule has 2 N–H and O–H groups in total. The average molecular weight is 490 g/mol. The Morgan fingerprint density at radius 1 is 1.42 bits per heavy atom. The number of likely N-dealkylation sites (tertiary alicyclic amines) is 2. The molecule has 0 radical (unpaired) electrons. The quantitative estimate of drug-likeness (QED) is 0.473. The first-order valence-corrected chi connectivity index (χ1v) is 12.3. The molecule has 1 atom stereocenters. The number of nitriles is 1. The van der Waals surface area contributed by atoms with Crippen LogP contribution in [0.5, 0.6) is 5.75 Å². The van der Waals surface area contributed by atoms with Crippen molar-refractivity contribution >= 4 is 22.7 Å². The standard InChI is InChI=1S/C27H35N7O2/c1-6-25(35)33-17-21(27(33,3)4)16-32-9-7-22(8-10-32)31-18(2)23(13-29)19-11-24(36-5)26-20(12-28)14-30-34(26)15-19/h6,11,13-15,21-22H,1,7-10,16-17,29H2,2-5H3. The lowest BCUT2D eigenvalue weighted by Crippen LogP contribution is -2.68. The highest BCUT2D eigenvalue weighted by Crippen LogP contribution is 2.37. The van der Waals surface area contributed by atoms with Gasteiger partial charge < -0.3 is 20.3 Å². The molecule has 0 aromatic carbocycles. The molecule has 36 heavy (non-hydrogen) atoms. The van der Waals surface area contributed by atoms with Gasteiger partial charge in [-0.05, 0) is 45.8 Å². The molecule has 190 valence electrons. The summed E-state index contributed by atoms with van der Waals surface area (Å²) in [6, 6.07) is 4.25. The highest BCUT2D eigenvalue weighted by molar-refractivity contribution is 6.22. The van der Waals surface area contributed by atoms with E-state index in [4.69, 9.17) is 15.5 Å². The lowest BCUT2D eigenvalue weighted by atomic mass is 9.76. The molecular formula is C27H35N7O2. The van der Waals surface area contributed by atoms with Crippen molar-refractivity contribution < 1.29 is 9.53 Å². The van der Waals surface area contributed by atoms with Crippen molar-refractivity contribution in [1.82, 2.24) is 19.4 Å². The zero-order chi connectivity index (χ0) is 26.0. The Kier molecular flexibility index (Phi) is 7.18. The van der Waals surface area contributed by atoms with Crippen LogP contribution >= 0.6 is 0 Å². The summed E-state index contributed by atoms with van der Waals surface area (Å²) in [4.78, 5) is 21.4. The first-order valence-electron chi connectivity index (χ1n) is 12.3. The topological polar surface area (TPSA) is 112 Å². The largest absolute Gasteiger partial charge is 0.494 e. The average Bonchev–Trinajstić information content (AvgIpc) is 3.30. The second-order valence-electron chi connectivity index (χ2n) is 10.1. The Hall–Kier alpha value is -3.64. The molecule has 0 saturated carbocycles. The van der Waals surface area contributed by atoms with Crippen molar-refractivity contribution in [3.63, 3.8) is 0 Å². The smallest absolute Gasteiger partial charge is 0.246 e. The normalized spacial score (nSPS) is 21.2. The number of carbonyl (C=O) groups excluding carboxylic acids is 1. The molecule has 0 spiro atoms. The maximum Gasteiger partial charge on any atom is 0.246 e. The van der Waals surface area contributed by atoms with Crippen molar-refractivity contribution in [3.8, 4) is 11.8 Å². The number of carbonyl (C=O) groups is 1. The zero-order valence-corrected chi connectivity index (χ0v) is 21.6. The number of pyridine rings is 1. The van der Waals surface area contributed by atoms with Crippen LogP contribution in [0.15, 0.2) is 42.3 Å². The summed E-state index contributed by atoms with van der Waals surface area (Å²) in [6.45, 7) is 13.6. The lowest BCUT2D eigenvalue weighted by molar-refractivity contribution is -0.149. The Balaban J connectivity index is 1.41. The fraction of sp³-hybridized carbons (Fsp3) is 0.481. The van der Waals surface area contributed by atoms with Crippen LogP contribution in [-0.2, 0) is 4.79 Å². The van der Waals surface area contributed by atoms with Gasteiger partial charge in [-0.15, -0.1) is 0 Å². The fourth-order valence-electron chi connectivity index (χ4n) is 5.33. The van der Waals surface area contributed by atoms with Crippen molar-refractivity contribution in [2.75, 3.05) is 33.3 Å². The first kappa shape index (κ1) is 25.5. The third kappa shape index (κ3) is 4.61. The van der Waals surface area contributed by atoms with E-state index in [0.717, 1.165) is 55.9 Å². The maximum absolute atomic E-state index is 12.0. The minimum absolute atomic E-state index is 0.0124. The number of aromatic nitrogens is 2. The van der Waals surface area contributed by atoms with Gasteiger partial charge in [-0.25, -0.2) is 4.52 Å². The van der Waals surface area contributed by atoms with E-state index >= 15 is 0 Å². The Bertz CT molecular complexity index is 1260. The van der Waals surface area contributed by atoms with Crippen molar-refractivity contribution in [2.45, 2.75) is 45.2 Å². The Labute approximate surface area is 212 Å². The van der Waals surface area contributed by atoms with Crippen LogP contribution in [0.1, 0.15) is 44.7 Å². The predicted octanol–water partition coefficient (Wildman–Crippen LogP) is 2.86. The molecule has 4 heterocycles. The summed E-state index contributed by atoms with van der Waals surface area (Å²) in [6.07, 6.45) is 8.30. The van der Waals surface area contributed by atoms with Crippen LogP contribution in [0.25, 0.3) is 11.1 Å². The number of hydrogen-bond donors (Lipinski definition) is 1. The molecule has 4 rings (SSSR count). The van der Waals surface area contributed by atoms with E-state index in [1.165, 1.54) is 12.3 Å². The van der Waals surface area contributed by atoms with Gasteiger partial charge in [0.15, 0.2) is 0 Å². The highest BCUT2D eigenvalue weighted by atomic mass is 16.5. The Morgan fingerprint density at radius 2 is 2.14 bits per heavy atom. The SMILES string of the molecule is C=CC(=O)N1CC(CN2CCC(N=C(C)C(=CN)c3cc(OC)c4c(C#N)cnn4c3)CC2)C1(C)C. The van der Waals surface area contributed by atoms with Gasteiger partial charge in [0.1, 0.15) is 22.9 Å². The Morgan fingerprint density at radius 3 is 2.72 bits per heavy atom. The van der Waals surface area contributed by atoms with Crippen LogP contribution < -0.4 is 10.5 Å². The molecule has 2 aromatic rings. The maximum atomic E-state index is 12.0. The van der Waals surface area contributed by atoms with Crippen LogP contribution in [0, 0.1) is 17.2 Å². The van der Waals surface area contributed by atoms with E-state index in [1.807, 2.05) is 24.1 Å². The van der Waals surface area contributed by atoms with E-state index in [1.54, 1.807) is 17.8 Å². The number of ether oxygens (including phenoxy) is 1. The summed E-state index contributed by atoms with van der Waals surface area (Å²) in [5, 5.41) is 13.7. The van der Waals surface area contributed by atoms with Gasteiger partial charge in [0.25, 0.3) is 0 Å². The molecule has 2 aliphatic rings. The summed E-state index contributed by atoms with van der Waals surface area (Å²) in [5.41, 5.74) is 9.50. The van der Waals surface area contributed by atoms with E-state index in [0.29, 0.717) is 22.7 Å². The molecule has 2 fully saturated rings. The molecule has 0 aliphatic carbocycles. The molecular weight excluding hydrogens is 454 g/mol. The van der Waals surface area contributed by atoms with Gasteiger partial charge in [0.2, 0.25) is 5.91 Å². The minimum atomic E-state index is -0.136. The fourth-order valence-corrected chi connectivity index (χ4v) is 5.33. The molecule has 2 aliphatic heterocycles. The summed E-state index contributed by atoms with van der Waals surface area (Å²) in [7, 11) is 1.58. The number of allylic oxidation sites excluding steroid dienone is 1. The molecule has 2 aromatic heterocycles. The second-order valence-corrected chi connectivity index (χ2v) is 10.1. The number of hydrogen-bond acceptors (Lipinski definition) is 7. The van der Waals surface area contributed by atoms with Crippen LogP contribution in [-0.4, -0.2) is 75.9 Å². The van der Waals surface area contributed by atoms with Crippen LogP contribution in [0.4, 0.5) is 0 Å². The van der Waals surface area contributed by atoms with Crippen molar-refractivity contribution in [2.24, 2.45) is 16.6 Å². The molecule has 9 nitrogen and oxygen atoms in total. The molecule has 1 unspecified atom stereocenters. The van der Waals surface area contributed by atoms with Gasteiger partial charge >= 0.3 is 0 Å². The third-order valence-electron chi connectivity index (χ3n) is 7.73. The van der Waals surface area contributed by atoms with Crippen LogP contribution in [0.2, 0.25) is 0 Å². The zero-order valence-electron chi connectivity index (χ0n) is 21.6. The van der Waals surface area contributed by atoms with Gasteiger partial charge in [-0.2, -0.15) is 10.4 Å². The number of methoxy groups -OCH3 is 1. The second kappa shape index (κ2) is 10.2. The lowest BCUT2D eigenvalue weighted by Gasteiger charge is -2.56. The number of amides is 1. The molecule has 0 bridgehead atoms. The molecule has 1 amide bonds. The van der Waals surface area contributed by atoms with E-state index in [2.05, 4.69) is 36.5 Å². The predicted molar refractivity (Wildman–Crippen MR) is 141 cm³/mol. The summed E-state index contributed by atoms with van der Waals surface area (Å²) >= 11 is 0. The number of aliphatic imine (C=N–C) groups is 1. The highest BCUT2D eigenvalue weighted by Gasteiger charge is 2.48. The number of nitrogens with zero attached hydrogens (tertiary/aromatic N) is 6. The monoisotopic (exact) mass is 489 g/mol. The van der Waals surface area contributed by atoms with Gasteiger partial charge in [-0.1, -0.05) is 6.58 Å².